The average Bonchev–Trinajstić information content (AvgIpc) is 3.28. The molecule has 1 aliphatic carbocycles. The summed E-state index contributed by atoms with van der Waals surface area (Å²) in [6.45, 7) is 0.855. The van der Waals surface area contributed by atoms with Gasteiger partial charge in [-0.25, -0.2) is 0 Å². The second-order valence-electron chi connectivity index (χ2n) is 5.72. The molecule has 1 aromatic carbocycles. The molecule has 1 atom stereocenters. The molecule has 21 heavy (non-hydrogen) atoms. The quantitative estimate of drug-likeness (QED) is 0.830. The fraction of sp³-hybridized carbons (Fsp3) is 0.500. The normalized spacial score (nSPS) is 23.2. The van der Waals surface area contributed by atoms with Crippen LogP contribution in [0.25, 0.3) is 0 Å². The van der Waals surface area contributed by atoms with Crippen molar-refractivity contribution in [3.05, 3.63) is 35.9 Å². The molecule has 1 aromatic rings. The van der Waals surface area contributed by atoms with Crippen molar-refractivity contribution in [2.75, 3.05) is 20.2 Å². The van der Waals surface area contributed by atoms with Crippen LogP contribution in [-0.2, 0) is 20.7 Å². The van der Waals surface area contributed by atoms with Gasteiger partial charge in [0.25, 0.3) is 0 Å². The maximum absolute atomic E-state index is 12.2. The molecule has 0 aromatic heterocycles. The summed E-state index contributed by atoms with van der Waals surface area (Å²) in [5, 5.41) is 3.03. The molecule has 1 unspecified atom stereocenters. The molecule has 1 heterocycles. The zero-order valence-electron chi connectivity index (χ0n) is 12.2. The van der Waals surface area contributed by atoms with Gasteiger partial charge in [-0.3, -0.25) is 14.9 Å². The summed E-state index contributed by atoms with van der Waals surface area (Å²) < 4.78 is 4.87. The zero-order valence-corrected chi connectivity index (χ0v) is 12.2. The van der Waals surface area contributed by atoms with Crippen LogP contribution in [0.3, 0.4) is 0 Å². The van der Waals surface area contributed by atoms with Crippen LogP contribution in [0.2, 0.25) is 0 Å². The van der Waals surface area contributed by atoms with E-state index in [0.717, 1.165) is 19.3 Å². The topological polar surface area (TPSA) is 58.6 Å². The van der Waals surface area contributed by atoms with Crippen LogP contribution >= 0.6 is 0 Å². The SMILES string of the molecule is COC(=O)C1NCC(=O)N(CCc2ccccc2)C12CC2. The number of carbonyl (C=O) groups excluding carboxylic acids is 2. The molecule has 2 aliphatic rings. The van der Waals surface area contributed by atoms with E-state index in [1.165, 1.54) is 12.7 Å². The Hall–Kier alpha value is -1.88. The first-order chi connectivity index (χ1) is 10.2. The number of benzene rings is 1. The summed E-state index contributed by atoms with van der Waals surface area (Å²) in [4.78, 5) is 26.1. The highest BCUT2D eigenvalue weighted by atomic mass is 16.5. The number of esters is 1. The van der Waals surface area contributed by atoms with E-state index < -0.39 is 6.04 Å². The third-order valence-electron chi connectivity index (χ3n) is 4.50. The van der Waals surface area contributed by atoms with Gasteiger partial charge >= 0.3 is 5.97 Å². The predicted molar refractivity (Wildman–Crippen MR) is 77.6 cm³/mol. The van der Waals surface area contributed by atoms with E-state index in [2.05, 4.69) is 17.4 Å². The minimum Gasteiger partial charge on any atom is -0.468 e. The van der Waals surface area contributed by atoms with Crippen molar-refractivity contribution in [1.82, 2.24) is 10.2 Å². The lowest BCUT2D eigenvalue weighted by Crippen LogP contribution is -2.65. The lowest BCUT2D eigenvalue weighted by Gasteiger charge is -2.41. The standard InChI is InChI=1S/C16H20N2O3/c1-21-15(20)14-16(8-9-16)18(13(19)11-17-14)10-7-12-5-3-2-4-6-12/h2-6,14,17H,7-11H2,1H3. The molecule has 0 bridgehead atoms. The van der Waals surface area contributed by atoms with Crippen LogP contribution in [0.4, 0.5) is 0 Å². The molecule has 1 saturated heterocycles. The van der Waals surface area contributed by atoms with Gasteiger partial charge in [-0.1, -0.05) is 30.3 Å². The molecule has 3 rings (SSSR count). The Bertz CT molecular complexity index is 540. The molecular weight excluding hydrogens is 268 g/mol. The number of piperazine rings is 1. The maximum atomic E-state index is 12.2. The van der Waals surface area contributed by atoms with Crippen LogP contribution < -0.4 is 5.32 Å². The fourth-order valence-electron chi connectivity index (χ4n) is 3.22. The van der Waals surface area contributed by atoms with Crippen LogP contribution in [0.1, 0.15) is 18.4 Å². The summed E-state index contributed by atoms with van der Waals surface area (Å²) in [7, 11) is 1.39. The highest BCUT2D eigenvalue weighted by Gasteiger charge is 2.60. The van der Waals surface area contributed by atoms with Gasteiger partial charge in [0.15, 0.2) is 0 Å². The van der Waals surface area contributed by atoms with E-state index in [9.17, 15) is 9.59 Å². The molecule has 1 aliphatic heterocycles. The molecular formula is C16H20N2O3. The number of carbonyl (C=O) groups is 2. The van der Waals surface area contributed by atoms with Crippen molar-refractivity contribution in [1.29, 1.82) is 0 Å². The number of hydrogen-bond acceptors (Lipinski definition) is 4. The first kappa shape index (κ1) is 14.1. The maximum Gasteiger partial charge on any atom is 0.325 e. The minimum atomic E-state index is -0.393. The van der Waals surface area contributed by atoms with E-state index >= 15 is 0 Å². The average molecular weight is 288 g/mol. The van der Waals surface area contributed by atoms with Crippen LogP contribution in [-0.4, -0.2) is 48.6 Å². The van der Waals surface area contributed by atoms with E-state index in [1.807, 2.05) is 23.1 Å². The number of hydrogen-bond donors (Lipinski definition) is 1. The lowest BCUT2D eigenvalue weighted by atomic mass is 9.99. The number of methoxy groups -OCH3 is 1. The summed E-state index contributed by atoms with van der Waals surface area (Å²) in [5.74, 6) is -0.201. The Balaban J connectivity index is 1.73. The largest absolute Gasteiger partial charge is 0.468 e. The monoisotopic (exact) mass is 288 g/mol. The molecule has 5 nitrogen and oxygen atoms in total. The van der Waals surface area contributed by atoms with Gasteiger partial charge in [0.1, 0.15) is 6.04 Å². The molecule has 112 valence electrons. The Morgan fingerprint density at radius 1 is 1.38 bits per heavy atom. The summed E-state index contributed by atoms with van der Waals surface area (Å²) >= 11 is 0. The van der Waals surface area contributed by atoms with Crippen molar-refractivity contribution in [3.8, 4) is 0 Å². The first-order valence-electron chi connectivity index (χ1n) is 7.33. The summed E-state index contributed by atoms with van der Waals surface area (Å²) in [6, 6.07) is 9.71. The van der Waals surface area contributed by atoms with Gasteiger partial charge in [0, 0.05) is 6.54 Å². The van der Waals surface area contributed by atoms with E-state index in [1.54, 1.807) is 0 Å². The predicted octanol–water partition coefficient (Wildman–Crippen LogP) is 0.735. The van der Waals surface area contributed by atoms with Gasteiger partial charge in [-0.05, 0) is 24.8 Å². The Morgan fingerprint density at radius 2 is 2.10 bits per heavy atom. The molecule has 1 N–H and O–H groups in total. The highest BCUT2D eigenvalue weighted by Crippen LogP contribution is 2.46. The summed E-state index contributed by atoms with van der Waals surface area (Å²) in [5.41, 5.74) is 0.839. The van der Waals surface area contributed by atoms with Crippen molar-refractivity contribution in [3.63, 3.8) is 0 Å². The van der Waals surface area contributed by atoms with Crippen molar-refractivity contribution >= 4 is 11.9 Å². The fourth-order valence-corrected chi connectivity index (χ4v) is 3.22. The third-order valence-corrected chi connectivity index (χ3v) is 4.50. The Morgan fingerprint density at radius 3 is 2.71 bits per heavy atom. The Kier molecular flexibility index (Phi) is 3.68. The van der Waals surface area contributed by atoms with Gasteiger partial charge in [0.2, 0.25) is 5.91 Å². The van der Waals surface area contributed by atoms with Gasteiger partial charge in [0.05, 0.1) is 19.2 Å². The van der Waals surface area contributed by atoms with Crippen LogP contribution in [0, 0.1) is 0 Å². The molecule has 2 fully saturated rings. The third kappa shape index (κ3) is 2.53. The van der Waals surface area contributed by atoms with E-state index in [-0.39, 0.29) is 24.0 Å². The molecule has 0 radical (unpaired) electrons. The molecule has 5 heteroatoms. The minimum absolute atomic E-state index is 0.0728. The van der Waals surface area contributed by atoms with Gasteiger partial charge < -0.3 is 9.64 Å². The van der Waals surface area contributed by atoms with Crippen molar-refractivity contribution in [2.45, 2.75) is 30.8 Å². The second-order valence-corrected chi connectivity index (χ2v) is 5.72. The second kappa shape index (κ2) is 5.48. The number of nitrogens with zero attached hydrogens (tertiary/aromatic N) is 1. The smallest absolute Gasteiger partial charge is 0.325 e. The zero-order chi connectivity index (χ0) is 14.9. The summed E-state index contributed by atoms with van der Waals surface area (Å²) in [6.07, 6.45) is 2.53. The molecule has 1 amide bonds. The van der Waals surface area contributed by atoms with E-state index in [0.29, 0.717) is 6.54 Å². The number of nitrogens with one attached hydrogen (secondary N) is 1. The molecule has 1 saturated carbocycles. The van der Waals surface area contributed by atoms with Crippen molar-refractivity contribution < 1.29 is 14.3 Å². The van der Waals surface area contributed by atoms with Gasteiger partial charge in [-0.2, -0.15) is 0 Å². The number of ether oxygens (including phenoxy) is 1. The Labute approximate surface area is 124 Å². The number of amides is 1. The molecule has 1 spiro atoms. The van der Waals surface area contributed by atoms with Crippen molar-refractivity contribution in [2.24, 2.45) is 0 Å². The van der Waals surface area contributed by atoms with Crippen LogP contribution in [0.15, 0.2) is 30.3 Å². The highest BCUT2D eigenvalue weighted by molar-refractivity contribution is 5.87. The van der Waals surface area contributed by atoms with E-state index in [4.69, 9.17) is 4.74 Å². The van der Waals surface area contributed by atoms with Crippen LogP contribution in [0.5, 0.6) is 0 Å². The lowest BCUT2D eigenvalue weighted by molar-refractivity contribution is -0.151. The first-order valence-corrected chi connectivity index (χ1v) is 7.33. The number of rotatable bonds is 4. The van der Waals surface area contributed by atoms with Gasteiger partial charge in [-0.15, -0.1) is 0 Å².